The van der Waals surface area contributed by atoms with Gasteiger partial charge in [-0.2, -0.15) is 0 Å². The summed E-state index contributed by atoms with van der Waals surface area (Å²) in [6, 6.07) is 12.9. The maximum Gasteiger partial charge on any atom is 0.336 e. The van der Waals surface area contributed by atoms with Crippen LogP contribution >= 0.6 is 11.6 Å². The summed E-state index contributed by atoms with van der Waals surface area (Å²) in [7, 11) is 0. The molecule has 0 radical (unpaired) electrons. The largest absolute Gasteiger partial charge is 0.508 e. The lowest BCUT2D eigenvalue weighted by atomic mass is 10.0. The Bertz CT molecular complexity index is 613. The van der Waals surface area contributed by atoms with Gasteiger partial charge in [-0.05, 0) is 41.5 Å². The fourth-order valence-electron chi connectivity index (χ4n) is 1.64. The van der Waals surface area contributed by atoms with E-state index in [1.165, 1.54) is 12.1 Å². The highest BCUT2D eigenvalue weighted by Crippen LogP contribution is 2.21. The zero-order valence-corrected chi connectivity index (χ0v) is 10.6. The summed E-state index contributed by atoms with van der Waals surface area (Å²) in [5, 5.41) is 19.1. The Balaban J connectivity index is 2.43. The van der Waals surface area contributed by atoms with Gasteiger partial charge in [0.05, 0.1) is 5.57 Å². The summed E-state index contributed by atoms with van der Waals surface area (Å²) in [4.78, 5) is 11.3. The molecule has 0 saturated heterocycles. The average Bonchev–Trinajstić information content (AvgIpc) is 2.39. The van der Waals surface area contributed by atoms with Gasteiger partial charge in [0, 0.05) is 5.02 Å². The summed E-state index contributed by atoms with van der Waals surface area (Å²) < 4.78 is 0. The van der Waals surface area contributed by atoms with Crippen LogP contribution in [0.25, 0.3) is 11.6 Å². The van der Waals surface area contributed by atoms with Crippen LogP contribution in [0.3, 0.4) is 0 Å². The van der Waals surface area contributed by atoms with Crippen molar-refractivity contribution in [3.05, 3.63) is 64.7 Å². The first-order chi connectivity index (χ1) is 9.06. The van der Waals surface area contributed by atoms with Crippen molar-refractivity contribution >= 4 is 29.2 Å². The molecule has 19 heavy (non-hydrogen) atoms. The van der Waals surface area contributed by atoms with E-state index in [4.69, 9.17) is 11.6 Å². The van der Waals surface area contributed by atoms with E-state index in [1.54, 1.807) is 42.5 Å². The quantitative estimate of drug-likeness (QED) is 0.663. The average molecular weight is 275 g/mol. The molecule has 0 fully saturated rings. The summed E-state index contributed by atoms with van der Waals surface area (Å²) in [5.41, 5.74) is 1.43. The van der Waals surface area contributed by atoms with Gasteiger partial charge in [-0.25, -0.2) is 4.79 Å². The Morgan fingerprint density at radius 2 is 1.58 bits per heavy atom. The number of rotatable bonds is 3. The second-order valence-corrected chi connectivity index (χ2v) is 4.40. The first-order valence-corrected chi connectivity index (χ1v) is 5.94. The number of halogens is 1. The van der Waals surface area contributed by atoms with E-state index in [2.05, 4.69) is 0 Å². The van der Waals surface area contributed by atoms with Crippen molar-refractivity contribution in [2.24, 2.45) is 0 Å². The molecule has 0 bridgehead atoms. The standard InChI is InChI=1S/C15H11ClO3/c16-12-5-1-10(2-6-12)9-14(15(18)19)11-3-7-13(17)8-4-11/h1-9,17H,(H,18,19)/b14-9+. The van der Waals surface area contributed by atoms with Crippen LogP contribution < -0.4 is 0 Å². The molecule has 0 aliphatic rings. The van der Waals surface area contributed by atoms with Crippen LogP contribution in [-0.4, -0.2) is 16.2 Å². The van der Waals surface area contributed by atoms with Crippen LogP contribution in [0.2, 0.25) is 5.02 Å². The molecule has 0 atom stereocenters. The van der Waals surface area contributed by atoms with Gasteiger partial charge in [-0.3, -0.25) is 0 Å². The van der Waals surface area contributed by atoms with Crippen molar-refractivity contribution in [1.29, 1.82) is 0 Å². The molecule has 0 aliphatic carbocycles. The third-order valence-electron chi connectivity index (χ3n) is 2.59. The van der Waals surface area contributed by atoms with Crippen LogP contribution in [0.4, 0.5) is 0 Å². The molecule has 2 aromatic carbocycles. The maximum absolute atomic E-state index is 11.3. The fourth-order valence-corrected chi connectivity index (χ4v) is 1.76. The topological polar surface area (TPSA) is 57.5 Å². The zero-order chi connectivity index (χ0) is 13.8. The lowest BCUT2D eigenvalue weighted by Gasteiger charge is -2.03. The Morgan fingerprint density at radius 3 is 2.11 bits per heavy atom. The monoisotopic (exact) mass is 274 g/mol. The molecule has 0 spiro atoms. The predicted octanol–water partition coefficient (Wildman–Crippen LogP) is 3.67. The number of phenolic OH excluding ortho intramolecular Hbond substituents is 1. The van der Waals surface area contributed by atoms with Gasteiger partial charge in [-0.1, -0.05) is 35.9 Å². The molecule has 0 amide bonds. The first kappa shape index (κ1) is 13.2. The number of carbonyl (C=O) groups is 1. The van der Waals surface area contributed by atoms with Crippen molar-refractivity contribution in [3.8, 4) is 5.75 Å². The van der Waals surface area contributed by atoms with Crippen LogP contribution in [0.15, 0.2) is 48.5 Å². The molecule has 4 heteroatoms. The van der Waals surface area contributed by atoms with Gasteiger partial charge in [0.25, 0.3) is 0 Å². The molecule has 0 aliphatic heterocycles. The number of hydrogen-bond acceptors (Lipinski definition) is 2. The Hall–Kier alpha value is -2.26. The number of carboxylic acids is 1. The second-order valence-electron chi connectivity index (χ2n) is 3.96. The Kier molecular flexibility index (Phi) is 3.88. The van der Waals surface area contributed by atoms with Gasteiger partial charge in [0.1, 0.15) is 5.75 Å². The van der Waals surface area contributed by atoms with Gasteiger partial charge in [0.15, 0.2) is 0 Å². The van der Waals surface area contributed by atoms with Crippen LogP contribution in [0.1, 0.15) is 11.1 Å². The van der Waals surface area contributed by atoms with E-state index >= 15 is 0 Å². The lowest BCUT2D eigenvalue weighted by Crippen LogP contribution is -1.99. The summed E-state index contributed by atoms with van der Waals surface area (Å²) in [5.74, 6) is -0.930. The number of hydrogen-bond donors (Lipinski definition) is 2. The zero-order valence-electron chi connectivity index (χ0n) is 9.88. The Labute approximate surface area is 115 Å². The molecule has 2 rings (SSSR count). The summed E-state index contributed by atoms with van der Waals surface area (Å²) in [6.45, 7) is 0. The molecule has 0 heterocycles. The second kappa shape index (κ2) is 5.59. The van der Waals surface area contributed by atoms with Gasteiger partial charge in [-0.15, -0.1) is 0 Å². The van der Waals surface area contributed by atoms with Crippen molar-refractivity contribution in [1.82, 2.24) is 0 Å². The van der Waals surface area contributed by atoms with Gasteiger partial charge >= 0.3 is 5.97 Å². The number of benzene rings is 2. The minimum atomic E-state index is -1.03. The predicted molar refractivity (Wildman–Crippen MR) is 75.1 cm³/mol. The van der Waals surface area contributed by atoms with Gasteiger partial charge in [0.2, 0.25) is 0 Å². The minimum Gasteiger partial charge on any atom is -0.508 e. The highest BCUT2D eigenvalue weighted by Gasteiger charge is 2.10. The number of aromatic hydroxyl groups is 1. The normalized spacial score (nSPS) is 11.3. The Morgan fingerprint density at radius 1 is 1.00 bits per heavy atom. The molecule has 3 nitrogen and oxygen atoms in total. The third-order valence-corrected chi connectivity index (χ3v) is 2.84. The van der Waals surface area contributed by atoms with Crippen molar-refractivity contribution in [2.75, 3.05) is 0 Å². The van der Waals surface area contributed by atoms with E-state index in [9.17, 15) is 15.0 Å². The SMILES string of the molecule is O=C(O)/C(=C/c1ccc(Cl)cc1)c1ccc(O)cc1. The van der Waals surface area contributed by atoms with E-state index < -0.39 is 5.97 Å². The van der Waals surface area contributed by atoms with Crippen molar-refractivity contribution < 1.29 is 15.0 Å². The number of carboxylic acid groups (broad SMARTS) is 1. The highest BCUT2D eigenvalue weighted by molar-refractivity contribution is 6.30. The minimum absolute atomic E-state index is 0.0972. The molecule has 0 saturated carbocycles. The van der Waals surface area contributed by atoms with Crippen molar-refractivity contribution in [3.63, 3.8) is 0 Å². The van der Waals surface area contributed by atoms with Crippen LogP contribution in [0, 0.1) is 0 Å². The molecule has 0 aromatic heterocycles. The molecule has 2 N–H and O–H groups in total. The molecular weight excluding hydrogens is 264 g/mol. The first-order valence-electron chi connectivity index (χ1n) is 5.56. The van der Waals surface area contributed by atoms with Crippen LogP contribution in [-0.2, 0) is 4.79 Å². The van der Waals surface area contributed by atoms with E-state index in [0.29, 0.717) is 10.6 Å². The van der Waals surface area contributed by atoms with Crippen molar-refractivity contribution in [2.45, 2.75) is 0 Å². The van der Waals surface area contributed by atoms with E-state index in [0.717, 1.165) is 5.56 Å². The third kappa shape index (κ3) is 3.36. The number of phenols is 1. The molecule has 0 unspecified atom stereocenters. The fraction of sp³-hybridized carbons (Fsp3) is 0. The molecular formula is C15H11ClO3. The van der Waals surface area contributed by atoms with E-state index in [1.807, 2.05) is 0 Å². The van der Waals surface area contributed by atoms with Crippen LogP contribution in [0.5, 0.6) is 5.75 Å². The summed E-state index contributed by atoms with van der Waals surface area (Å²) in [6.07, 6.45) is 1.56. The van der Waals surface area contributed by atoms with Gasteiger partial charge < -0.3 is 10.2 Å². The highest BCUT2D eigenvalue weighted by atomic mass is 35.5. The number of aliphatic carboxylic acids is 1. The molecule has 2 aromatic rings. The lowest BCUT2D eigenvalue weighted by molar-refractivity contribution is -0.130. The maximum atomic E-state index is 11.3. The molecule has 96 valence electrons. The van der Waals surface area contributed by atoms with E-state index in [-0.39, 0.29) is 11.3 Å². The smallest absolute Gasteiger partial charge is 0.336 e. The summed E-state index contributed by atoms with van der Waals surface area (Å²) >= 11 is 5.78.